The molecule has 0 unspecified atom stereocenters. The predicted octanol–water partition coefficient (Wildman–Crippen LogP) is 3.68. The fraction of sp³-hybridized carbons (Fsp3) is 0.318. The summed E-state index contributed by atoms with van der Waals surface area (Å²) in [5, 5.41) is 7.45. The van der Waals surface area contributed by atoms with Crippen LogP contribution in [0.1, 0.15) is 17.0 Å². The molecule has 28 heavy (non-hydrogen) atoms. The zero-order chi connectivity index (χ0) is 18.6. The molecule has 3 aromatic rings. The molecule has 5 nitrogen and oxygen atoms in total. The highest BCUT2D eigenvalue weighted by Gasteiger charge is 2.33. The fourth-order valence-electron chi connectivity index (χ4n) is 4.09. The Labute approximate surface area is 172 Å². The average Bonchev–Trinajstić information content (AvgIpc) is 3.36. The number of likely N-dealkylation sites (tertiary alicyclic amines) is 1. The van der Waals surface area contributed by atoms with Gasteiger partial charge in [-0.25, -0.2) is 0 Å². The Hall–Kier alpha value is -2.34. The lowest BCUT2D eigenvalue weighted by molar-refractivity contribution is 0.317. The van der Waals surface area contributed by atoms with Crippen LogP contribution in [0.4, 0.5) is 0 Å². The normalized spacial score (nSPS) is 19.4. The summed E-state index contributed by atoms with van der Waals surface area (Å²) in [6.07, 6.45) is 1.94. The summed E-state index contributed by atoms with van der Waals surface area (Å²) in [6.45, 7) is 3.63. The van der Waals surface area contributed by atoms with Crippen molar-refractivity contribution in [3.63, 3.8) is 0 Å². The zero-order valence-electron chi connectivity index (χ0n) is 16.0. The smallest absolute Gasteiger partial charge is 0.118 e. The van der Waals surface area contributed by atoms with E-state index in [2.05, 4.69) is 57.6 Å². The van der Waals surface area contributed by atoms with E-state index in [0.29, 0.717) is 18.4 Å². The summed E-state index contributed by atoms with van der Waals surface area (Å²) >= 11 is 0. The summed E-state index contributed by atoms with van der Waals surface area (Å²) in [6, 6.07) is 18.8. The van der Waals surface area contributed by atoms with Crippen LogP contribution in [0.15, 0.2) is 60.8 Å². The largest absolute Gasteiger partial charge is 0.497 e. The van der Waals surface area contributed by atoms with Crippen LogP contribution < -0.4 is 10.5 Å². The van der Waals surface area contributed by atoms with Crippen LogP contribution in [-0.2, 0) is 6.54 Å². The van der Waals surface area contributed by atoms with E-state index in [9.17, 15) is 0 Å². The first-order chi connectivity index (χ1) is 13.3. The van der Waals surface area contributed by atoms with E-state index in [-0.39, 0.29) is 12.4 Å². The van der Waals surface area contributed by atoms with Crippen molar-refractivity contribution in [1.82, 2.24) is 15.1 Å². The Balaban J connectivity index is 0.00000225. The molecule has 2 atom stereocenters. The summed E-state index contributed by atoms with van der Waals surface area (Å²) in [5.41, 5.74) is 10.9. The molecule has 0 aliphatic carbocycles. The molecule has 0 bridgehead atoms. The summed E-state index contributed by atoms with van der Waals surface area (Å²) in [4.78, 5) is 2.49. The van der Waals surface area contributed by atoms with E-state index < -0.39 is 0 Å². The predicted molar refractivity (Wildman–Crippen MR) is 115 cm³/mol. The second kappa shape index (κ2) is 9.24. The monoisotopic (exact) mass is 398 g/mol. The van der Waals surface area contributed by atoms with Gasteiger partial charge in [0.25, 0.3) is 0 Å². The molecule has 4 rings (SSSR count). The number of H-pyrrole nitrogens is 1. The number of halogens is 1. The second-order valence-corrected chi connectivity index (χ2v) is 7.21. The van der Waals surface area contributed by atoms with Crippen LogP contribution >= 0.6 is 12.4 Å². The minimum absolute atomic E-state index is 0. The highest BCUT2D eigenvalue weighted by Crippen LogP contribution is 2.34. The number of benzene rings is 2. The Bertz CT molecular complexity index is 866. The number of ether oxygens (including phenoxy) is 1. The molecule has 0 spiro atoms. The molecule has 2 heterocycles. The number of aromatic nitrogens is 2. The van der Waals surface area contributed by atoms with Gasteiger partial charge in [-0.3, -0.25) is 10.00 Å². The highest BCUT2D eigenvalue weighted by molar-refractivity contribution is 5.85. The van der Waals surface area contributed by atoms with E-state index in [1.165, 1.54) is 11.1 Å². The number of methoxy groups -OCH3 is 1. The lowest BCUT2D eigenvalue weighted by atomic mass is 9.89. The van der Waals surface area contributed by atoms with E-state index in [1.54, 1.807) is 7.11 Å². The van der Waals surface area contributed by atoms with E-state index in [4.69, 9.17) is 10.5 Å². The molecule has 0 radical (unpaired) electrons. The van der Waals surface area contributed by atoms with Crippen molar-refractivity contribution in [2.24, 2.45) is 11.7 Å². The second-order valence-electron chi connectivity index (χ2n) is 7.21. The third-order valence-corrected chi connectivity index (χ3v) is 5.54. The van der Waals surface area contributed by atoms with Crippen LogP contribution in [0.3, 0.4) is 0 Å². The summed E-state index contributed by atoms with van der Waals surface area (Å²) < 4.78 is 5.26. The first-order valence-corrected chi connectivity index (χ1v) is 9.42. The lowest BCUT2D eigenvalue weighted by Crippen LogP contribution is -2.23. The first-order valence-electron chi connectivity index (χ1n) is 9.42. The van der Waals surface area contributed by atoms with Gasteiger partial charge in [-0.05, 0) is 42.3 Å². The molecule has 0 saturated carbocycles. The van der Waals surface area contributed by atoms with Crippen molar-refractivity contribution in [1.29, 1.82) is 0 Å². The molecule has 0 amide bonds. The van der Waals surface area contributed by atoms with Crippen LogP contribution in [0.2, 0.25) is 0 Å². The van der Waals surface area contributed by atoms with Gasteiger partial charge in [0.2, 0.25) is 0 Å². The van der Waals surface area contributed by atoms with Gasteiger partial charge >= 0.3 is 0 Å². The SMILES string of the molecule is COc1ccc(-c2[nH]ncc2CN2C[C@@H](CN)[C@H](c3ccccc3)C2)cc1.Cl. The molecule has 3 N–H and O–H groups in total. The van der Waals surface area contributed by atoms with Crippen molar-refractivity contribution in [2.75, 3.05) is 26.7 Å². The third-order valence-electron chi connectivity index (χ3n) is 5.54. The first kappa shape index (κ1) is 20.4. The third kappa shape index (κ3) is 4.22. The number of rotatable bonds is 6. The molecule has 1 aromatic heterocycles. The van der Waals surface area contributed by atoms with Crippen molar-refractivity contribution in [2.45, 2.75) is 12.5 Å². The van der Waals surface area contributed by atoms with Gasteiger partial charge in [0.15, 0.2) is 0 Å². The molecule has 148 valence electrons. The quantitative estimate of drug-likeness (QED) is 0.664. The maximum atomic E-state index is 6.09. The van der Waals surface area contributed by atoms with Gasteiger partial charge in [-0.2, -0.15) is 5.10 Å². The van der Waals surface area contributed by atoms with Gasteiger partial charge < -0.3 is 10.5 Å². The number of nitrogens with two attached hydrogens (primary N) is 1. The van der Waals surface area contributed by atoms with Crippen LogP contribution in [0.25, 0.3) is 11.3 Å². The number of nitrogens with zero attached hydrogens (tertiary/aromatic N) is 2. The van der Waals surface area contributed by atoms with Crippen molar-refractivity contribution >= 4 is 12.4 Å². The minimum atomic E-state index is 0. The highest BCUT2D eigenvalue weighted by atomic mass is 35.5. The van der Waals surface area contributed by atoms with Crippen LogP contribution in [0, 0.1) is 5.92 Å². The van der Waals surface area contributed by atoms with E-state index in [0.717, 1.165) is 36.6 Å². The van der Waals surface area contributed by atoms with Gasteiger partial charge in [0.05, 0.1) is 19.0 Å². The maximum absolute atomic E-state index is 6.09. The standard InChI is InChI=1S/C22H26N4O.ClH/c1-27-20-9-7-17(8-10-20)22-19(12-24-25-22)14-26-13-18(11-23)21(15-26)16-5-3-2-4-6-16;/h2-10,12,18,21H,11,13-15,23H2,1H3,(H,24,25);1H/t18-,21+;/m1./s1. The maximum Gasteiger partial charge on any atom is 0.118 e. The Morgan fingerprint density at radius 3 is 2.54 bits per heavy atom. The number of hydrogen-bond donors (Lipinski definition) is 2. The fourth-order valence-corrected chi connectivity index (χ4v) is 4.09. The molecular formula is C22H27ClN4O. The Morgan fingerprint density at radius 2 is 1.86 bits per heavy atom. The number of aromatic amines is 1. The molecule has 6 heteroatoms. The van der Waals surface area contributed by atoms with E-state index >= 15 is 0 Å². The molecule has 1 aliphatic rings. The topological polar surface area (TPSA) is 67.2 Å². The van der Waals surface area contributed by atoms with Gasteiger partial charge in [0.1, 0.15) is 5.75 Å². The Morgan fingerprint density at radius 1 is 1.11 bits per heavy atom. The van der Waals surface area contributed by atoms with Gasteiger partial charge in [-0.15, -0.1) is 12.4 Å². The number of nitrogens with one attached hydrogen (secondary N) is 1. The molecule has 1 fully saturated rings. The van der Waals surface area contributed by atoms with Gasteiger partial charge in [0, 0.05) is 36.7 Å². The molecule has 1 aliphatic heterocycles. The molecular weight excluding hydrogens is 372 g/mol. The summed E-state index contributed by atoms with van der Waals surface area (Å²) in [5.74, 6) is 1.84. The van der Waals surface area contributed by atoms with Crippen molar-refractivity contribution in [3.05, 3.63) is 71.9 Å². The van der Waals surface area contributed by atoms with Crippen LogP contribution in [-0.4, -0.2) is 41.8 Å². The zero-order valence-corrected chi connectivity index (χ0v) is 16.9. The average molecular weight is 399 g/mol. The van der Waals surface area contributed by atoms with Crippen LogP contribution in [0.5, 0.6) is 5.75 Å². The summed E-state index contributed by atoms with van der Waals surface area (Å²) in [7, 11) is 1.68. The molecule has 2 aromatic carbocycles. The number of hydrogen-bond acceptors (Lipinski definition) is 4. The minimum Gasteiger partial charge on any atom is -0.497 e. The lowest BCUT2D eigenvalue weighted by Gasteiger charge is -2.17. The van der Waals surface area contributed by atoms with Gasteiger partial charge in [-0.1, -0.05) is 30.3 Å². The van der Waals surface area contributed by atoms with E-state index in [1.807, 2.05) is 18.3 Å². The van der Waals surface area contributed by atoms with Crippen molar-refractivity contribution in [3.8, 4) is 17.0 Å². The van der Waals surface area contributed by atoms with Crippen molar-refractivity contribution < 1.29 is 4.74 Å². The Kier molecular flexibility index (Phi) is 6.73. The molecule has 1 saturated heterocycles.